The van der Waals surface area contributed by atoms with Crippen molar-refractivity contribution in [1.29, 1.82) is 0 Å². The highest BCUT2D eigenvalue weighted by Crippen LogP contribution is 2.30. The van der Waals surface area contributed by atoms with E-state index in [4.69, 9.17) is 4.84 Å². The van der Waals surface area contributed by atoms with Crippen molar-refractivity contribution in [2.24, 2.45) is 5.92 Å². The summed E-state index contributed by atoms with van der Waals surface area (Å²) in [5.41, 5.74) is 3.41. The van der Waals surface area contributed by atoms with Crippen LogP contribution in [0.2, 0.25) is 0 Å². The number of rotatable bonds is 4. The molecule has 32 heavy (non-hydrogen) atoms. The van der Waals surface area contributed by atoms with E-state index < -0.39 is 17.9 Å². The zero-order valence-electron chi connectivity index (χ0n) is 18.3. The lowest BCUT2D eigenvalue weighted by atomic mass is 9.85. The first-order chi connectivity index (χ1) is 15.5. The maximum atomic E-state index is 12.9. The van der Waals surface area contributed by atoms with Crippen LogP contribution in [-0.4, -0.2) is 65.5 Å². The maximum Gasteiger partial charge on any atom is 0.434 e. The van der Waals surface area contributed by atoms with Crippen molar-refractivity contribution in [3.8, 4) is 11.1 Å². The van der Waals surface area contributed by atoms with Crippen molar-refractivity contribution >= 4 is 17.9 Å². The monoisotopic (exact) mass is 433 g/mol. The number of hydrogen-bond donors (Lipinski definition) is 0. The van der Waals surface area contributed by atoms with Crippen molar-refractivity contribution in [1.82, 2.24) is 14.9 Å². The van der Waals surface area contributed by atoms with Crippen molar-refractivity contribution < 1.29 is 19.2 Å². The minimum Gasteiger partial charge on any atom is -0.310 e. The molecular weight excluding hydrogens is 406 g/mol. The molecule has 1 aliphatic carbocycles. The molecule has 166 valence electrons. The number of amides is 3. The number of nitrogens with zero attached hydrogens (tertiary/aromatic N) is 3. The van der Waals surface area contributed by atoms with Crippen molar-refractivity contribution in [3.63, 3.8) is 0 Å². The summed E-state index contributed by atoms with van der Waals surface area (Å²) in [6.07, 6.45) is 3.27. The standard InChI is InChI=1S/C25H27N3O4/c1-17-4-2-7-19(14-17)20-8-9-21-22(15-20)24(30)28(23(21)29)32-25(31)27-12-10-26(11-13-27)16-18-5-3-6-18/h2,4,7-9,14-15,18H,3,5-6,10-13,16H2,1H3. The molecule has 2 aromatic carbocycles. The molecule has 7 nitrogen and oxygen atoms in total. The Hall–Kier alpha value is -3.19. The van der Waals surface area contributed by atoms with Crippen LogP contribution in [0, 0.1) is 12.8 Å². The molecule has 0 spiro atoms. The third-order valence-corrected chi connectivity index (χ3v) is 6.74. The molecule has 2 aliphatic heterocycles. The van der Waals surface area contributed by atoms with Gasteiger partial charge in [-0.05, 0) is 48.9 Å². The Morgan fingerprint density at radius 3 is 2.34 bits per heavy atom. The molecule has 3 aliphatic rings. The molecule has 0 atom stereocenters. The number of fused-ring (bicyclic) bond motifs is 1. The molecule has 0 bridgehead atoms. The lowest BCUT2D eigenvalue weighted by molar-refractivity contribution is -0.0607. The maximum absolute atomic E-state index is 12.9. The number of aryl methyl sites for hydroxylation is 1. The van der Waals surface area contributed by atoms with Crippen LogP contribution < -0.4 is 0 Å². The van der Waals surface area contributed by atoms with E-state index in [-0.39, 0.29) is 11.1 Å². The van der Waals surface area contributed by atoms with Gasteiger partial charge in [0.25, 0.3) is 11.8 Å². The smallest absolute Gasteiger partial charge is 0.310 e. The molecule has 0 aromatic heterocycles. The highest BCUT2D eigenvalue weighted by atomic mass is 16.7. The van der Waals surface area contributed by atoms with Gasteiger partial charge in [0.05, 0.1) is 11.1 Å². The zero-order chi connectivity index (χ0) is 22.2. The Morgan fingerprint density at radius 1 is 0.938 bits per heavy atom. The van der Waals surface area contributed by atoms with Crippen LogP contribution >= 0.6 is 0 Å². The van der Waals surface area contributed by atoms with Gasteiger partial charge in [-0.15, -0.1) is 0 Å². The molecule has 0 N–H and O–H groups in total. The fraction of sp³-hybridized carbons (Fsp3) is 0.400. The normalized spacial score (nSPS) is 19.2. The fourth-order valence-electron chi connectivity index (χ4n) is 4.60. The highest BCUT2D eigenvalue weighted by Gasteiger charge is 2.40. The van der Waals surface area contributed by atoms with Crippen LogP contribution in [0.5, 0.6) is 0 Å². The lowest BCUT2D eigenvalue weighted by Crippen LogP contribution is -2.51. The average Bonchev–Trinajstić information content (AvgIpc) is 3.01. The summed E-state index contributed by atoms with van der Waals surface area (Å²) in [6, 6.07) is 13.1. The minimum absolute atomic E-state index is 0.254. The Labute approximate surface area is 187 Å². The van der Waals surface area contributed by atoms with Gasteiger partial charge in [-0.3, -0.25) is 14.5 Å². The van der Waals surface area contributed by atoms with E-state index in [0.717, 1.165) is 42.2 Å². The molecule has 2 heterocycles. The van der Waals surface area contributed by atoms with Gasteiger partial charge < -0.3 is 9.74 Å². The number of imide groups is 1. The summed E-state index contributed by atoms with van der Waals surface area (Å²) >= 11 is 0. The summed E-state index contributed by atoms with van der Waals surface area (Å²) in [4.78, 5) is 47.5. The van der Waals surface area contributed by atoms with Crippen LogP contribution in [0.15, 0.2) is 42.5 Å². The molecule has 1 saturated carbocycles. The first kappa shape index (κ1) is 20.7. The first-order valence-electron chi connectivity index (χ1n) is 11.3. The predicted molar refractivity (Wildman–Crippen MR) is 119 cm³/mol. The quantitative estimate of drug-likeness (QED) is 0.688. The van der Waals surface area contributed by atoms with Crippen molar-refractivity contribution in [2.45, 2.75) is 26.2 Å². The molecule has 2 aromatic rings. The van der Waals surface area contributed by atoms with Gasteiger partial charge in [0, 0.05) is 32.7 Å². The zero-order valence-corrected chi connectivity index (χ0v) is 18.3. The number of carbonyl (C=O) groups is 3. The van der Waals surface area contributed by atoms with E-state index in [1.54, 1.807) is 17.0 Å². The molecule has 3 amide bonds. The van der Waals surface area contributed by atoms with Gasteiger partial charge in [-0.2, -0.15) is 0 Å². The second-order valence-corrected chi connectivity index (χ2v) is 8.98. The van der Waals surface area contributed by atoms with Crippen LogP contribution in [0.3, 0.4) is 0 Å². The van der Waals surface area contributed by atoms with E-state index in [2.05, 4.69) is 4.90 Å². The molecule has 7 heteroatoms. The van der Waals surface area contributed by atoms with E-state index in [9.17, 15) is 14.4 Å². The van der Waals surface area contributed by atoms with E-state index in [1.165, 1.54) is 19.3 Å². The summed E-state index contributed by atoms with van der Waals surface area (Å²) in [5, 5.41) is 0.605. The Morgan fingerprint density at radius 2 is 1.66 bits per heavy atom. The Balaban J connectivity index is 1.24. The average molecular weight is 434 g/mol. The van der Waals surface area contributed by atoms with Crippen molar-refractivity contribution in [2.75, 3.05) is 32.7 Å². The molecule has 5 rings (SSSR count). The largest absolute Gasteiger partial charge is 0.434 e. The van der Waals surface area contributed by atoms with Gasteiger partial charge in [0.1, 0.15) is 0 Å². The summed E-state index contributed by atoms with van der Waals surface area (Å²) < 4.78 is 0. The summed E-state index contributed by atoms with van der Waals surface area (Å²) in [7, 11) is 0. The number of hydroxylamine groups is 2. The number of benzene rings is 2. The van der Waals surface area contributed by atoms with E-state index in [1.807, 2.05) is 37.3 Å². The second-order valence-electron chi connectivity index (χ2n) is 8.98. The fourth-order valence-corrected chi connectivity index (χ4v) is 4.60. The predicted octanol–water partition coefficient (Wildman–Crippen LogP) is 3.73. The Bertz CT molecular complexity index is 1070. The SMILES string of the molecule is Cc1cccc(-c2ccc3c(c2)C(=O)N(OC(=O)N2CCN(CC4CCC4)CC2)C3=O)c1. The van der Waals surface area contributed by atoms with Gasteiger partial charge in [0.2, 0.25) is 0 Å². The molecule has 0 unspecified atom stereocenters. The van der Waals surface area contributed by atoms with Crippen LogP contribution in [0.1, 0.15) is 45.5 Å². The minimum atomic E-state index is -0.651. The highest BCUT2D eigenvalue weighted by molar-refractivity contribution is 6.21. The van der Waals surface area contributed by atoms with Crippen LogP contribution in [0.4, 0.5) is 4.79 Å². The van der Waals surface area contributed by atoms with Gasteiger partial charge >= 0.3 is 6.09 Å². The molecule has 2 fully saturated rings. The number of carbonyl (C=O) groups excluding carboxylic acids is 3. The summed E-state index contributed by atoms with van der Waals surface area (Å²) in [6.45, 7) is 5.73. The van der Waals surface area contributed by atoms with E-state index in [0.29, 0.717) is 18.2 Å². The van der Waals surface area contributed by atoms with Crippen molar-refractivity contribution in [3.05, 3.63) is 59.2 Å². The molecule has 0 radical (unpaired) electrons. The number of piperazine rings is 1. The molecular formula is C25H27N3O4. The Kier molecular flexibility index (Phi) is 5.43. The first-order valence-corrected chi connectivity index (χ1v) is 11.3. The third-order valence-electron chi connectivity index (χ3n) is 6.74. The van der Waals surface area contributed by atoms with Gasteiger partial charge in [-0.1, -0.05) is 47.4 Å². The number of hydrogen-bond acceptors (Lipinski definition) is 5. The van der Waals surface area contributed by atoms with Gasteiger partial charge in [-0.25, -0.2) is 4.79 Å². The van der Waals surface area contributed by atoms with E-state index >= 15 is 0 Å². The molecule has 1 saturated heterocycles. The second kappa shape index (κ2) is 8.39. The van der Waals surface area contributed by atoms with Crippen LogP contribution in [0.25, 0.3) is 11.1 Å². The topological polar surface area (TPSA) is 70.2 Å². The lowest BCUT2D eigenvalue weighted by Gasteiger charge is -2.38. The van der Waals surface area contributed by atoms with Crippen LogP contribution in [-0.2, 0) is 4.84 Å². The van der Waals surface area contributed by atoms with Gasteiger partial charge in [0.15, 0.2) is 0 Å². The third kappa shape index (κ3) is 3.88. The summed E-state index contributed by atoms with van der Waals surface area (Å²) in [5.74, 6) is -0.411.